The fraction of sp³-hybridized carbons (Fsp3) is 0.765. The highest BCUT2D eigenvalue weighted by Gasteiger charge is 2.42. The Bertz CT molecular complexity index is 534. The molecular weight excluding hydrogens is 310 g/mol. The summed E-state index contributed by atoms with van der Waals surface area (Å²) in [6.07, 6.45) is 7.21. The Kier molecular flexibility index (Phi) is 4.39. The van der Waals surface area contributed by atoms with Gasteiger partial charge < -0.3 is 9.64 Å². The lowest BCUT2D eigenvalue weighted by atomic mass is 9.77. The molecule has 3 fully saturated rings. The highest BCUT2D eigenvalue weighted by Crippen LogP contribution is 2.41. The van der Waals surface area contributed by atoms with E-state index < -0.39 is 0 Å². The molecule has 0 bridgehead atoms. The third-order valence-corrected chi connectivity index (χ3v) is 6.46. The Hall–Kier alpha value is -0.980. The predicted molar refractivity (Wildman–Crippen MR) is 89.2 cm³/mol. The summed E-state index contributed by atoms with van der Waals surface area (Å²) in [7, 11) is 0. The summed E-state index contributed by atoms with van der Waals surface area (Å²) in [6.45, 7) is 5.87. The SMILES string of the molecule is O=C([C@@H]1CCCO1)N1CCC2(CCN(Cc3nccs3)C2)CC1. The minimum absolute atomic E-state index is 0.158. The number of aromatic nitrogens is 1. The number of hydrogen-bond donors (Lipinski definition) is 0. The van der Waals surface area contributed by atoms with E-state index >= 15 is 0 Å². The first-order valence-electron chi connectivity index (χ1n) is 8.75. The second-order valence-electron chi connectivity index (χ2n) is 7.21. The zero-order valence-electron chi connectivity index (χ0n) is 13.6. The summed E-state index contributed by atoms with van der Waals surface area (Å²) in [5.74, 6) is 0.231. The van der Waals surface area contributed by atoms with Crippen LogP contribution in [0.2, 0.25) is 0 Å². The van der Waals surface area contributed by atoms with Crippen LogP contribution in [-0.2, 0) is 16.1 Å². The van der Waals surface area contributed by atoms with Gasteiger partial charge in [-0.05, 0) is 44.1 Å². The number of amides is 1. The number of piperidine rings is 1. The Labute approximate surface area is 141 Å². The molecule has 0 radical (unpaired) electrons. The first kappa shape index (κ1) is 15.5. The molecule has 0 aromatic carbocycles. The molecule has 5 nitrogen and oxygen atoms in total. The predicted octanol–water partition coefficient (Wildman–Crippen LogP) is 2.14. The van der Waals surface area contributed by atoms with Crippen LogP contribution in [0, 0.1) is 5.41 Å². The molecule has 126 valence electrons. The van der Waals surface area contributed by atoms with Gasteiger partial charge in [-0.15, -0.1) is 11.3 Å². The summed E-state index contributed by atoms with van der Waals surface area (Å²) in [5.41, 5.74) is 0.421. The van der Waals surface area contributed by atoms with Crippen molar-refractivity contribution in [1.29, 1.82) is 0 Å². The zero-order chi connectivity index (χ0) is 15.7. The van der Waals surface area contributed by atoms with Crippen LogP contribution in [0.5, 0.6) is 0 Å². The van der Waals surface area contributed by atoms with E-state index in [1.165, 1.54) is 18.0 Å². The number of carbonyl (C=O) groups excluding carboxylic acids is 1. The molecular formula is C17H25N3O2S. The molecule has 3 saturated heterocycles. The molecule has 0 aliphatic carbocycles. The molecule has 1 amide bonds. The molecule has 0 unspecified atom stereocenters. The number of likely N-dealkylation sites (tertiary alicyclic amines) is 2. The van der Waals surface area contributed by atoms with Gasteiger partial charge in [-0.3, -0.25) is 9.69 Å². The highest BCUT2D eigenvalue weighted by molar-refractivity contribution is 7.09. The van der Waals surface area contributed by atoms with Gasteiger partial charge in [0.2, 0.25) is 0 Å². The normalized spacial score (nSPS) is 27.8. The van der Waals surface area contributed by atoms with Gasteiger partial charge in [0.05, 0.1) is 6.54 Å². The maximum absolute atomic E-state index is 12.5. The van der Waals surface area contributed by atoms with Gasteiger partial charge in [-0.1, -0.05) is 0 Å². The maximum atomic E-state index is 12.5. The van der Waals surface area contributed by atoms with Gasteiger partial charge in [-0.2, -0.15) is 0 Å². The van der Waals surface area contributed by atoms with Gasteiger partial charge in [0.15, 0.2) is 0 Å². The van der Waals surface area contributed by atoms with Crippen molar-refractivity contribution in [3.05, 3.63) is 16.6 Å². The van der Waals surface area contributed by atoms with E-state index in [1.54, 1.807) is 11.3 Å². The molecule has 4 rings (SSSR count). The third kappa shape index (κ3) is 3.30. The van der Waals surface area contributed by atoms with E-state index in [2.05, 4.69) is 15.3 Å². The molecule has 1 aromatic rings. The van der Waals surface area contributed by atoms with Crippen LogP contribution in [0.15, 0.2) is 11.6 Å². The molecule has 1 atom stereocenters. The van der Waals surface area contributed by atoms with Gasteiger partial charge in [-0.25, -0.2) is 4.98 Å². The summed E-state index contributed by atoms with van der Waals surface area (Å²) in [5, 5.41) is 3.27. The van der Waals surface area contributed by atoms with Crippen LogP contribution in [-0.4, -0.2) is 59.6 Å². The third-order valence-electron chi connectivity index (χ3n) is 5.70. The molecule has 0 saturated carbocycles. The first-order chi connectivity index (χ1) is 11.2. The monoisotopic (exact) mass is 335 g/mol. The van der Waals surface area contributed by atoms with Gasteiger partial charge >= 0.3 is 0 Å². The minimum Gasteiger partial charge on any atom is -0.368 e. The van der Waals surface area contributed by atoms with Crippen molar-refractivity contribution in [2.45, 2.75) is 44.8 Å². The van der Waals surface area contributed by atoms with E-state index in [1.807, 2.05) is 11.1 Å². The van der Waals surface area contributed by atoms with E-state index in [-0.39, 0.29) is 12.0 Å². The topological polar surface area (TPSA) is 45.7 Å². The second-order valence-corrected chi connectivity index (χ2v) is 8.19. The standard InChI is InChI=1S/C17H25N3O2S/c21-16(14-2-1-10-22-14)20-8-4-17(5-9-20)3-7-19(13-17)12-15-18-6-11-23-15/h6,11,14H,1-5,7-10,12-13H2/t14-/m0/s1. The fourth-order valence-corrected chi connectivity index (χ4v) is 4.93. The van der Waals surface area contributed by atoms with E-state index in [0.29, 0.717) is 5.41 Å². The van der Waals surface area contributed by atoms with Crippen LogP contribution in [0.4, 0.5) is 0 Å². The number of nitrogens with zero attached hydrogens (tertiary/aromatic N) is 3. The molecule has 3 aliphatic heterocycles. The van der Waals surface area contributed by atoms with Crippen molar-refractivity contribution >= 4 is 17.2 Å². The van der Waals surface area contributed by atoms with Crippen molar-refractivity contribution in [1.82, 2.24) is 14.8 Å². The summed E-state index contributed by atoms with van der Waals surface area (Å²) in [6, 6.07) is 0. The molecule has 4 heterocycles. The number of rotatable bonds is 3. The number of carbonyl (C=O) groups is 1. The smallest absolute Gasteiger partial charge is 0.251 e. The molecule has 1 aromatic heterocycles. The Balaban J connectivity index is 1.30. The van der Waals surface area contributed by atoms with E-state index in [9.17, 15) is 4.79 Å². The van der Waals surface area contributed by atoms with Crippen molar-refractivity contribution in [3.63, 3.8) is 0 Å². The average Bonchev–Trinajstić information content (AvgIpc) is 3.31. The van der Waals surface area contributed by atoms with Gasteiger partial charge in [0.1, 0.15) is 11.1 Å². The zero-order valence-corrected chi connectivity index (χ0v) is 14.4. The molecule has 6 heteroatoms. The molecule has 1 spiro atoms. The summed E-state index contributed by atoms with van der Waals surface area (Å²) in [4.78, 5) is 21.5. The number of hydrogen-bond acceptors (Lipinski definition) is 5. The second kappa shape index (κ2) is 6.49. The molecule has 3 aliphatic rings. The summed E-state index contributed by atoms with van der Waals surface area (Å²) >= 11 is 1.74. The van der Waals surface area contributed by atoms with Crippen molar-refractivity contribution in [2.75, 3.05) is 32.8 Å². The van der Waals surface area contributed by atoms with Gasteiger partial charge in [0, 0.05) is 37.8 Å². The van der Waals surface area contributed by atoms with Crippen LogP contribution >= 0.6 is 11.3 Å². The van der Waals surface area contributed by atoms with Crippen molar-refractivity contribution in [3.8, 4) is 0 Å². The molecule has 23 heavy (non-hydrogen) atoms. The number of thiazole rings is 1. The Morgan fingerprint density at radius 1 is 1.35 bits per heavy atom. The van der Waals surface area contributed by atoms with Crippen LogP contribution in [0.3, 0.4) is 0 Å². The lowest BCUT2D eigenvalue weighted by Gasteiger charge is -2.40. The van der Waals surface area contributed by atoms with Crippen LogP contribution < -0.4 is 0 Å². The lowest BCUT2D eigenvalue weighted by Crippen LogP contribution is -2.47. The van der Waals surface area contributed by atoms with Crippen LogP contribution in [0.1, 0.15) is 37.1 Å². The first-order valence-corrected chi connectivity index (χ1v) is 9.63. The number of ether oxygens (including phenoxy) is 1. The fourth-order valence-electron chi connectivity index (χ4n) is 4.27. The highest BCUT2D eigenvalue weighted by atomic mass is 32.1. The lowest BCUT2D eigenvalue weighted by molar-refractivity contribution is -0.143. The van der Waals surface area contributed by atoms with Crippen molar-refractivity contribution < 1.29 is 9.53 Å². The quantitative estimate of drug-likeness (QED) is 0.849. The van der Waals surface area contributed by atoms with E-state index in [0.717, 1.165) is 58.5 Å². The van der Waals surface area contributed by atoms with Crippen molar-refractivity contribution in [2.24, 2.45) is 5.41 Å². The van der Waals surface area contributed by atoms with Gasteiger partial charge in [0.25, 0.3) is 5.91 Å². The summed E-state index contributed by atoms with van der Waals surface area (Å²) < 4.78 is 5.56. The largest absolute Gasteiger partial charge is 0.368 e. The van der Waals surface area contributed by atoms with Crippen LogP contribution in [0.25, 0.3) is 0 Å². The Morgan fingerprint density at radius 2 is 2.17 bits per heavy atom. The maximum Gasteiger partial charge on any atom is 0.251 e. The van der Waals surface area contributed by atoms with E-state index in [4.69, 9.17) is 4.74 Å². The Morgan fingerprint density at radius 3 is 2.87 bits per heavy atom. The minimum atomic E-state index is -0.158. The molecule has 0 N–H and O–H groups in total. The average molecular weight is 335 g/mol.